The maximum Gasteiger partial charge on any atom is 0.0510 e. The molecule has 0 aromatic carbocycles. The summed E-state index contributed by atoms with van der Waals surface area (Å²) in [6, 6.07) is 1.52. The van der Waals surface area contributed by atoms with Crippen LogP contribution in [0.3, 0.4) is 0 Å². The standard InChI is InChI=1S/C13H26N2O/c1-3-14-13(11-7-8-16-10-11)9-15(4-2)12-5-6-12/h11-14H,3-10H2,1-2H3. The fraction of sp³-hybridized carbons (Fsp3) is 1.00. The summed E-state index contributed by atoms with van der Waals surface area (Å²) in [6.45, 7) is 9.89. The number of rotatable bonds is 7. The SMILES string of the molecule is CCNC(CN(CC)C1CC1)C1CCOC1. The van der Waals surface area contributed by atoms with Gasteiger partial charge in [-0.1, -0.05) is 13.8 Å². The minimum Gasteiger partial charge on any atom is -0.381 e. The number of hydrogen-bond acceptors (Lipinski definition) is 3. The molecule has 0 amide bonds. The van der Waals surface area contributed by atoms with Crippen LogP contribution in [0, 0.1) is 5.92 Å². The highest BCUT2D eigenvalue weighted by Gasteiger charge is 2.32. The molecule has 1 aliphatic carbocycles. The van der Waals surface area contributed by atoms with E-state index in [0.717, 1.165) is 31.7 Å². The molecule has 1 N–H and O–H groups in total. The van der Waals surface area contributed by atoms with Crippen molar-refractivity contribution in [2.24, 2.45) is 5.92 Å². The first-order valence-electron chi connectivity index (χ1n) is 6.90. The van der Waals surface area contributed by atoms with Crippen LogP contribution in [0.25, 0.3) is 0 Å². The highest BCUT2D eigenvalue weighted by Crippen LogP contribution is 2.28. The second-order valence-corrected chi connectivity index (χ2v) is 5.11. The molecule has 1 aliphatic heterocycles. The molecule has 16 heavy (non-hydrogen) atoms. The van der Waals surface area contributed by atoms with Crippen molar-refractivity contribution >= 4 is 0 Å². The largest absolute Gasteiger partial charge is 0.381 e. The van der Waals surface area contributed by atoms with Gasteiger partial charge in [-0.25, -0.2) is 0 Å². The van der Waals surface area contributed by atoms with Crippen LogP contribution in [0.1, 0.15) is 33.1 Å². The minimum atomic E-state index is 0.632. The molecule has 1 heterocycles. The monoisotopic (exact) mass is 226 g/mol. The molecular weight excluding hydrogens is 200 g/mol. The van der Waals surface area contributed by atoms with Crippen LogP contribution in [-0.4, -0.2) is 49.8 Å². The Bertz CT molecular complexity index is 200. The van der Waals surface area contributed by atoms with Gasteiger partial charge in [-0.15, -0.1) is 0 Å². The molecule has 2 rings (SSSR count). The lowest BCUT2D eigenvalue weighted by atomic mass is 9.98. The van der Waals surface area contributed by atoms with Gasteiger partial charge in [0.2, 0.25) is 0 Å². The van der Waals surface area contributed by atoms with Gasteiger partial charge in [0.25, 0.3) is 0 Å². The van der Waals surface area contributed by atoms with Gasteiger partial charge in [-0.3, -0.25) is 4.90 Å². The van der Waals surface area contributed by atoms with Crippen LogP contribution in [0.15, 0.2) is 0 Å². The Morgan fingerprint density at radius 2 is 2.12 bits per heavy atom. The molecule has 1 saturated heterocycles. The molecular formula is C13H26N2O. The highest BCUT2D eigenvalue weighted by molar-refractivity contribution is 4.89. The number of ether oxygens (including phenoxy) is 1. The maximum atomic E-state index is 5.52. The predicted octanol–water partition coefficient (Wildman–Crippen LogP) is 1.49. The summed E-state index contributed by atoms with van der Waals surface area (Å²) in [5, 5.41) is 3.65. The van der Waals surface area contributed by atoms with E-state index in [0.29, 0.717) is 6.04 Å². The van der Waals surface area contributed by atoms with Crippen molar-refractivity contribution in [3.8, 4) is 0 Å². The summed E-state index contributed by atoms with van der Waals surface area (Å²) in [6.07, 6.45) is 4.06. The van der Waals surface area contributed by atoms with Gasteiger partial charge >= 0.3 is 0 Å². The molecule has 2 fully saturated rings. The molecule has 2 unspecified atom stereocenters. The van der Waals surface area contributed by atoms with Crippen molar-refractivity contribution in [1.82, 2.24) is 10.2 Å². The molecule has 0 aromatic heterocycles. The first-order valence-corrected chi connectivity index (χ1v) is 6.90. The first-order chi connectivity index (χ1) is 7.85. The topological polar surface area (TPSA) is 24.5 Å². The third kappa shape index (κ3) is 3.19. The summed E-state index contributed by atoms with van der Waals surface area (Å²) in [5.74, 6) is 0.729. The van der Waals surface area contributed by atoms with Crippen LogP contribution in [0.2, 0.25) is 0 Å². The molecule has 0 radical (unpaired) electrons. The van der Waals surface area contributed by atoms with Crippen LogP contribution in [0.4, 0.5) is 0 Å². The van der Waals surface area contributed by atoms with Gasteiger partial charge in [-0.05, 0) is 32.4 Å². The van der Waals surface area contributed by atoms with E-state index in [2.05, 4.69) is 24.1 Å². The van der Waals surface area contributed by atoms with Crippen LogP contribution in [-0.2, 0) is 4.74 Å². The summed E-state index contributed by atoms with van der Waals surface area (Å²) < 4.78 is 5.52. The number of likely N-dealkylation sites (N-methyl/N-ethyl adjacent to an activating group) is 2. The van der Waals surface area contributed by atoms with E-state index in [1.165, 1.54) is 32.4 Å². The highest BCUT2D eigenvalue weighted by atomic mass is 16.5. The Kier molecular flexibility index (Phi) is 4.62. The lowest BCUT2D eigenvalue weighted by Crippen LogP contribution is -2.46. The third-order valence-electron chi connectivity index (χ3n) is 3.90. The van der Waals surface area contributed by atoms with Crippen molar-refractivity contribution in [3.63, 3.8) is 0 Å². The molecule has 3 nitrogen and oxygen atoms in total. The molecule has 0 bridgehead atoms. The summed E-state index contributed by atoms with van der Waals surface area (Å²) >= 11 is 0. The van der Waals surface area contributed by atoms with E-state index in [-0.39, 0.29) is 0 Å². The molecule has 0 aromatic rings. The van der Waals surface area contributed by atoms with Crippen molar-refractivity contribution in [2.75, 3.05) is 32.8 Å². The molecule has 2 aliphatic rings. The van der Waals surface area contributed by atoms with Gasteiger partial charge in [0.05, 0.1) is 6.61 Å². The van der Waals surface area contributed by atoms with Crippen LogP contribution < -0.4 is 5.32 Å². The lowest BCUT2D eigenvalue weighted by Gasteiger charge is -2.30. The Labute approximate surface area is 99.5 Å². The van der Waals surface area contributed by atoms with Crippen molar-refractivity contribution in [1.29, 1.82) is 0 Å². The zero-order valence-corrected chi connectivity index (χ0v) is 10.7. The average molecular weight is 226 g/mol. The summed E-state index contributed by atoms with van der Waals surface area (Å²) in [7, 11) is 0. The molecule has 2 atom stereocenters. The number of hydrogen-bond donors (Lipinski definition) is 1. The van der Waals surface area contributed by atoms with E-state index in [1.54, 1.807) is 0 Å². The van der Waals surface area contributed by atoms with E-state index >= 15 is 0 Å². The van der Waals surface area contributed by atoms with E-state index < -0.39 is 0 Å². The summed E-state index contributed by atoms with van der Waals surface area (Å²) in [5.41, 5.74) is 0. The quantitative estimate of drug-likeness (QED) is 0.712. The Hall–Kier alpha value is -0.120. The smallest absolute Gasteiger partial charge is 0.0510 e. The molecule has 94 valence electrons. The normalized spacial score (nSPS) is 27.6. The van der Waals surface area contributed by atoms with E-state index in [9.17, 15) is 0 Å². The van der Waals surface area contributed by atoms with Gasteiger partial charge in [0.15, 0.2) is 0 Å². The Balaban J connectivity index is 1.84. The lowest BCUT2D eigenvalue weighted by molar-refractivity contribution is 0.160. The zero-order chi connectivity index (χ0) is 11.4. The van der Waals surface area contributed by atoms with E-state index in [1.807, 2.05) is 0 Å². The van der Waals surface area contributed by atoms with Crippen molar-refractivity contribution < 1.29 is 4.74 Å². The summed E-state index contributed by atoms with van der Waals surface area (Å²) in [4.78, 5) is 2.64. The minimum absolute atomic E-state index is 0.632. The van der Waals surface area contributed by atoms with Crippen molar-refractivity contribution in [3.05, 3.63) is 0 Å². The number of nitrogens with zero attached hydrogens (tertiary/aromatic N) is 1. The predicted molar refractivity (Wildman–Crippen MR) is 66.7 cm³/mol. The first kappa shape index (κ1) is 12.3. The van der Waals surface area contributed by atoms with Gasteiger partial charge in [0.1, 0.15) is 0 Å². The average Bonchev–Trinajstić information content (AvgIpc) is 2.99. The zero-order valence-electron chi connectivity index (χ0n) is 10.7. The fourth-order valence-electron chi connectivity index (χ4n) is 2.74. The molecule has 3 heteroatoms. The fourth-order valence-corrected chi connectivity index (χ4v) is 2.74. The van der Waals surface area contributed by atoms with Gasteiger partial charge in [-0.2, -0.15) is 0 Å². The number of nitrogens with one attached hydrogen (secondary N) is 1. The third-order valence-corrected chi connectivity index (χ3v) is 3.90. The Morgan fingerprint density at radius 3 is 2.62 bits per heavy atom. The van der Waals surface area contributed by atoms with Crippen molar-refractivity contribution in [2.45, 2.75) is 45.2 Å². The van der Waals surface area contributed by atoms with Gasteiger partial charge in [0, 0.05) is 31.2 Å². The Morgan fingerprint density at radius 1 is 1.31 bits per heavy atom. The molecule has 0 spiro atoms. The second kappa shape index (κ2) is 5.99. The van der Waals surface area contributed by atoms with Gasteiger partial charge < -0.3 is 10.1 Å². The van der Waals surface area contributed by atoms with Crippen LogP contribution >= 0.6 is 0 Å². The maximum absolute atomic E-state index is 5.52. The second-order valence-electron chi connectivity index (χ2n) is 5.11. The molecule has 1 saturated carbocycles. The van der Waals surface area contributed by atoms with Crippen LogP contribution in [0.5, 0.6) is 0 Å². The van der Waals surface area contributed by atoms with E-state index in [4.69, 9.17) is 4.74 Å².